The van der Waals surface area contributed by atoms with Gasteiger partial charge >= 0.3 is 0 Å². The van der Waals surface area contributed by atoms with Crippen molar-refractivity contribution in [2.45, 2.75) is 50.7 Å². The van der Waals surface area contributed by atoms with E-state index in [1.807, 2.05) is 0 Å². The van der Waals surface area contributed by atoms with E-state index in [2.05, 4.69) is 50.7 Å². The summed E-state index contributed by atoms with van der Waals surface area (Å²) >= 11 is 2.09. The minimum atomic E-state index is 0.423. The van der Waals surface area contributed by atoms with Gasteiger partial charge in [0.2, 0.25) is 0 Å². The van der Waals surface area contributed by atoms with Crippen LogP contribution in [-0.2, 0) is 5.75 Å². The molecule has 3 unspecified atom stereocenters. The highest BCUT2D eigenvalue weighted by molar-refractivity contribution is 7.99. The molecule has 0 aliphatic heterocycles. The van der Waals surface area contributed by atoms with Crippen LogP contribution in [0.4, 0.5) is 0 Å². The SMILES string of the molecule is Cc1cc(C)cc(CSC2CCC(N)C2C)c1. The van der Waals surface area contributed by atoms with Crippen molar-refractivity contribution >= 4 is 11.8 Å². The Bertz CT molecular complexity index is 368. The van der Waals surface area contributed by atoms with Gasteiger partial charge in [-0.3, -0.25) is 0 Å². The third-order valence-corrected chi connectivity index (χ3v) is 5.39. The van der Waals surface area contributed by atoms with E-state index >= 15 is 0 Å². The Morgan fingerprint density at radius 2 is 1.82 bits per heavy atom. The number of hydrogen-bond acceptors (Lipinski definition) is 2. The number of nitrogens with two attached hydrogens (primary N) is 1. The average Bonchev–Trinajstić information content (AvgIpc) is 2.56. The summed E-state index contributed by atoms with van der Waals surface area (Å²) in [6.07, 6.45) is 2.49. The largest absolute Gasteiger partial charge is 0.327 e. The fourth-order valence-corrected chi connectivity index (χ4v) is 4.13. The quantitative estimate of drug-likeness (QED) is 0.884. The van der Waals surface area contributed by atoms with Gasteiger partial charge in [-0.2, -0.15) is 11.8 Å². The van der Waals surface area contributed by atoms with Gasteiger partial charge in [0.05, 0.1) is 0 Å². The summed E-state index contributed by atoms with van der Waals surface area (Å²) in [7, 11) is 0. The number of hydrogen-bond donors (Lipinski definition) is 1. The van der Waals surface area contributed by atoms with Gasteiger partial charge in [-0.1, -0.05) is 36.2 Å². The Morgan fingerprint density at radius 1 is 1.18 bits per heavy atom. The Kier molecular flexibility index (Phi) is 4.16. The van der Waals surface area contributed by atoms with E-state index < -0.39 is 0 Å². The van der Waals surface area contributed by atoms with E-state index in [1.165, 1.54) is 29.5 Å². The summed E-state index contributed by atoms with van der Waals surface area (Å²) in [5.74, 6) is 1.80. The van der Waals surface area contributed by atoms with E-state index in [4.69, 9.17) is 5.73 Å². The van der Waals surface area contributed by atoms with Crippen LogP contribution in [0.2, 0.25) is 0 Å². The fraction of sp³-hybridized carbons (Fsp3) is 0.600. The summed E-state index contributed by atoms with van der Waals surface area (Å²) in [6, 6.07) is 7.27. The zero-order chi connectivity index (χ0) is 12.4. The lowest BCUT2D eigenvalue weighted by molar-refractivity contribution is 0.535. The molecule has 3 atom stereocenters. The molecule has 1 saturated carbocycles. The molecule has 17 heavy (non-hydrogen) atoms. The van der Waals surface area contributed by atoms with Gasteiger partial charge in [-0.15, -0.1) is 0 Å². The van der Waals surface area contributed by atoms with Gasteiger partial charge in [0.15, 0.2) is 0 Å². The van der Waals surface area contributed by atoms with E-state index in [0.29, 0.717) is 12.0 Å². The maximum atomic E-state index is 6.07. The Morgan fingerprint density at radius 3 is 2.35 bits per heavy atom. The van der Waals surface area contributed by atoms with Crippen LogP contribution in [0.3, 0.4) is 0 Å². The maximum absolute atomic E-state index is 6.07. The molecule has 2 rings (SSSR count). The van der Waals surface area contributed by atoms with Crippen LogP contribution in [0.25, 0.3) is 0 Å². The molecular weight excluding hydrogens is 226 g/mol. The average molecular weight is 249 g/mol. The van der Waals surface area contributed by atoms with Crippen LogP contribution < -0.4 is 5.73 Å². The molecule has 0 radical (unpaired) electrons. The first-order valence-electron chi connectivity index (χ1n) is 6.50. The fourth-order valence-electron chi connectivity index (χ4n) is 2.75. The van der Waals surface area contributed by atoms with Crippen LogP contribution in [0.15, 0.2) is 18.2 Å². The van der Waals surface area contributed by atoms with Crippen LogP contribution in [0, 0.1) is 19.8 Å². The molecule has 2 heteroatoms. The minimum Gasteiger partial charge on any atom is -0.327 e. The molecule has 1 fully saturated rings. The molecule has 0 spiro atoms. The molecule has 1 aliphatic rings. The summed E-state index contributed by atoms with van der Waals surface area (Å²) in [4.78, 5) is 0. The smallest absolute Gasteiger partial charge is 0.0187 e. The van der Waals surface area contributed by atoms with Gasteiger partial charge in [0.25, 0.3) is 0 Å². The molecular formula is C15H23NS. The summed E-state index contributed by atoms with van der Waals surface area (Å²) in [5.41, 5.74) is 10.3. The first kappa shape index (κ1) is 13.0. The Balaban J connectivity index is 1.94. The predicted molar refractivity (Wildman–Crippen MR) is 77.4 cm³/mol. The number of rotatable bonds is 3. The first-order chi connectivity index (χ1) is 8.06. The third-order valence-electron chi connectivity index (χ3n) is 3.79. The van der Waals surface area contributed by atoms with E-state index in [-0.39, 0.29) is 0 Å². The second-order valence-electron chi connectivity index (χ2n) is 5.45. The highest BCUT2D eigenvalue weighted by atomic mass is 32.2. The molecule has 2 N–H and O–H groups in total. The van der Waals surface area contributed by atoms with Crippen LogP contribution in [-0.4, -0.2) is 11.3 Å². The highest BCUT2D eigenvalue weighted by Gasteiger charge is 2.30. The van der Waals surface area contributed by atoms with Gasteiger partial charge in [-0.05, 0) is 38.2 Å². The topological polar surface area (TPSA) is 26.0 Å². The summed E-state index contributed by atoms with van der Waals surface area (Å²) in [6.45, 7) is 6.65. The maximum Gasteiger partial charge on any atom is 0.0187 e. The van der Waals surface area contributed by atoms with Gasteiger partial charge in [-0.25, -0.2) is 0 Å². The lowest BCUT2D eigenvalue weighted by atomic mass is 10.1. The number of benzene rings is 1. The van der Waals surface area contributed by atoms with E-state index in [0.717, 1.165) is 11.0 Å². The third kappa shape index (κ3) is 3.26. The van der Waals surface area contributed by atoms with Crippen molar-refractivity contribution in [3.05, 3.63) is 34.9 Å². The lowest BCUT2D eigenvalue weighted by Crippen LogP contribution is -2.26. The molecule has 0 bridgehead atoms. The van der Waals surface area contributed by atoms with E-state index in [9.17, 15) is 0 Å². The first-order valence-corrected chi connectivity index (χ1v) is 7.55. The van der Waals surface area contributed by atoms with Crippen molar-refractivity contribution in [2.24, 2.45) is 11.7 Å². The second-order valence-corrected chi connectivity index (χ2v) is 6.67. The van der Waals surface area contributed by atoms with Crippen LogP contribution in [0.5, 0.6) is 0 Å². The van der Waals surface area contributed by atoms with Gasteiger partial charge < -0.3 is 5.73 Å². The van der Waals surface area contributed by atoms with Crippen molar-refractivity contribution in [2.75, 3.05) is 0 Å². The molecule has 94 valence electrons. The lowest BCUT2D eigenvalue weighted by Gasteiger charge is -2.17. The van der Waals surface area contributed by atoms with Crippen LogP contribution in [0.1, 0.15) is 36.5 Å². The summed E-state index contributed by atoms with van der Waals surface area (Å²) in [5, 5.41) is 0.755. The summed E-state index contributed by atoms with van der Waals surface area (Å²) < 4.78 is 0. The standard InChI is InChI=1S/C15H23NS/c1-10-6-11(2)8-13(7-10)9-17-15-5-4-14(16)12(15)3/h6-8,12,14-15H,4-5,9,16H2,1-3H3. The molecule has 0 saturated heterocycles. The molecule has 0 amide bonds. The van der Waals surface area contributed by atoms with Gasteiger partial charge in [0, 0.05) is 17.0 Å². The van der Waals surface area contributed by atoms with Crippen molar-refractivity contribution in [1.82, 2.24) is 0 Å². The number of thioether (sulfide) groups is 1. The molecule has 0 heterocycles. The van der Waals surface area contributed by atoms with E-state index in [1.54, 1.807) is 0 Å². The zero-order valence-electron chi connectivity index (χ0n) is 11.1. The minimum absolute atomic E-state index is 0.423. The molecule has 1 aliphatic carbocycles. The van der Waals surface area contributed by atoms with Crippen LogP contribution >= 0.6 is 11.8 Å². The van der Waals surface area contributed by atoms with Gasteiger partial charge in [0.1, 0.15) is 0 Å². The Labute approximate surface area is 109 Å². The normalized spacial score (nSPS) is 28.6. The predicted octanol–water partition coefficient (Wildman–Crippen LogP) is 3.66. The molecule has 1 aromatic carbocycles. The molecule has 1 nitrogen and oxygen atoms in total. The van der Waals surface area contributed by atoms with Crippen molar-refractivity contribution < 1.29 is 0 Å². The van der Waals surface area contributed by atoms with Crippen molar-refractivity contribution in [1.29, 1.82) is 0 Å². The zero-order valence-corrected chi connectivity index (χ0v) is 11.9. The highest BCUT2D eigenvalue weighted by Crippen LogP contribution is 2.35. The molecule has 1 aromatic rings. The number of aryl methyl sites for hydroxylation is 2. The molecule has 0 aromatic heterocycles. The second kappa shape index (κ2) is 5.45. The van der Waals surface area contributed by atoms with Crippen molar-refractivity contribution in [3.8, 4) is 0 Å². The van der Waals surface area contributed by atoms with Crippen molar-refractivity contribution in [3.63, 3.8) is 0 Å². The monoisotopic (exact) mass is 249 g/mol. The Hall–Kier alpha value is -0.470.